The molecule has 0 atom stereocenters. The van der Waals surface area contributed by atoms with Gasteiger partial charge in [0, 0.05) is 18.0 Å². The van der Waals surface area contributed by atoms with Crippen LogP contribution in [0.2, 0.25) is 5.02 Å². The van der Waals surface area contributed by atoms with Gasteiger partial charge in [-0.25, -0.2) is 4.98 Å². The minimum Gasteiger partial charge on any atom is -0.471 e. The highest BCUT2D eigenvalue weighted by molar-refractivity contribution is 6.31. The van der Waals surface area contributed by atoms with Crippen molar-refractivity contribution in [2.24, 2.45) is 0 Å². The number of nitriles is 1. The first-order chi connectivity index (χ1) is 9.76. The van der Waals surface area contributed by atoms with E-state index >= 15 is 0 Å². The van der Waals surface area contributed by atoms with Crippen molar-refractivity contribution in [2.45, 2.75) is 25.9 Å². The van der Waals surface area contributed by atoms with Gasteiger partial charge in [0.1, 0.15) is 12.7 Å². The monoisotopic (exact) mass is 285 g/mol. The third kappa shape index (κ3) is 2.59. The smallest absolute Gasteiger partial charge is 0.215 e. The topological polar surface area (TPSA) is 58.8 Å². The molecule has 2 heterocycles. The lowest BCUT2D eigenvalue weighted by atomic mass is 10.2. The molecular formula is C15H12ClN3O. The van der Waals surface area contributed by atoms with Gasteiger partial charge in [0.05, 0.1) is 16.3 Å². The van der Waals surface area contributed by atoms with Crippen molar-refractivity contribution in [3.63, 3.8) is 0 Å². The molecule has 0 N–H and O–H groups in total. The fourth-order valence-electron chi connectivity index (χ4n) is 2.27. The van der Waals surface area contributed by atoms with Crippen LogP contribution in [0.25, 0.3) is 0 Å². The van der Waals surface area contributed by atoms with Gasteiger partial charge in [0.2, 0.25) is 5.88 Å². The largest absolute Gasteiger partial charge is 0.471 e. The Morgan fingerprint density at radius 1 is 1.35 bits per heavy atom. The molecule has 0 unspecified atom stereocenters. The highest BCUT2D eigenvalue weighted by atomic mass is 35.5. The van der Waals surface area contributed by atoms with Crippen LogP contribution in [-0.2, 0) is 19.4 Å². The third-order valence-electron chi connectivity index (χ3n) is 3.29. The summed E-state index contributed by atoms with van der Waals surface area (Å²) in [5.41, 5.74) is 3.48. The van der Waals surface area contributed by atoms with E-state index in [1.54, 1.807) is 18.2 Å². The molecular weight excluding hydrogens is 274 g/mol. The summed E-state index contributed by atoms with van der Waals surface area (Å²) in [7, 11) is 0. The number of ether oxygens (including phenoxy) is 1. The average molecular weight is 286 g/mol. The molecule has 100 valence electrons. The van der Waals surface area contributed by atoms with Crippen LogP contribution in [0.3, 0.4) is 0 Å². The molecule has 4 nitrogen and oxygen atoms in total. The standard InChI is InChI=1S/C15H12ClN3O/c16-13-6-15(19-14-3-1-2-12(13)14)20-9-11-5-4-10(7-17)8-18-11/h4-6,8H,1-3,9H2. The minimum atomic E-state index is 0.313. The first kappa shape index (κ1) is 12.9. The Labute approximate surface area is 122 Å². The molecule has 0 aromatic carbocycles. The number of hydrogen-bond donors (Lipinski definition) is 0. The normalized spacial score (nSPS) is 12.8. The first-order valence-electron chi connectivity index (χ1n) is 6.42. The van der Waals surface area contributed by atoms with E-state index in [1.807, 2.05) is 6.07 Å². The van der Waals surface area contributed by atoms with Crippen molar-refractivity contribution in [1.29, 1.82) is 5.26 Å². The summed E-state index contributed by atoms with van der Waals surface area (Å²) >= 11 is 6.22. The van der Waals surface area contributed by atoms with E-state index in [0.29, 0.717) is 18.1 Å². The molecule has 2 aromatic heterocycles. The van der Waals surface area contributed by atoms with Gasteiger partial charge in [-0.3, -0.25) is 4.98 Å². The van der Waals surface area contributed by atoms with E-state index in [9.17, 15) is 0 Å². The third-order valence-corrected chi connectivity index (χ3v) is 3.63. The maximum absolute atomic E-state index is 8.71. The molecule has 1 aliphatic carbocycles. The number of rotatable bonds is 3. The predicted molar refractivity (Wildman–Crippen MR) is 74.6 cm³/mol. The van der Waals surface area contributed by atoms with E-state index in [2.05, 4.69) is 9.97 Å². The lowest BCUT2D eigenvalue weighted by molar-refractivity contribution is 0.288. The van der Waals surface area contributed by atoms with Gasteiger partial charge in [-0.15, -0.1) is 0 Å². The molecule has 0 amide bonds. The number of nitrogens with zero attached hydrogens (tertiary/aromatic N) is 3. The first-order valence-corrected chi connectivity index (χ1v) is 6.80. The molecule has 0 saturated carbocycles. The Hall–Kier alpha value is -2.12. The quantitative estimate of drug-likeness (QED) is 0.869. The molecule has 2 aromatic rings. The van der Waals surface area contributed by atoms with Crippen molar-refractivity contribution in [1.82, 2.24) is 9.97 Å². The zero-order chi connectivity index (χ0) is 13.9. The lowest BCUT2D eigenvalue weighted by Crippen LogP contribution is -2.01. The highest BCUT2D eigenvalue weighted by Crippen LogP contribution is 2.30. The van der Waals surface area contributed by atoms with Crippen LogP contribution >= 0.6 is 11.6 Å². The zero-order valence-electron chi connectivity index (χ0n) is 10.8. The second kappa shape index (κ2) is 5.48. The van der Waals surface area contributed by atoms with Gasteiger partial charge < -0.3 is 4.74 Å². The Bertz CT molecular complexity index is 677. The van der Waals surface area contributed by atoms with Crippen molar-refractivity contribution in [3.8, 4) is 11.9 Å². The number of aryl methyl sites for hydroxylation is 1. The number of aromatic nitrogens is 2. The summed E-state index contributed by atoms with van der Waals surface area (Å²) in [6, 6.07) is 7.28. The van der Waals surface area contributed by atoms with Crippen molar-refractivity contribution >= 4 is 11.6 Å². The number of hydrogen-bond acceptors (Lipinski definition) is 4. The van der Waals surface area contributed by atoms with E-state index in [0.717, 1.165) is 41.2 Å². The highest BCUT2D eigenvalue weighted by Gasteiger charge is 2.17. The van der Waals surface area contributed by atoms with E-state index in [-0.39, 0.29) is 0 Å². The van der Waals surface area contributed by atoms with Gasteiger partial charge >= 0.3 is 0 Å². The molecule has 3 rings (SSSR count). The molecule has 0 bridgehead atoms. The van der Waals surface area contributed by atoms with Crippen LogP contribution < -0.4 is 4.74 Å². The van der Waals surface area contributed by atoms with Crippen LogP contribution in [0.15, 0.2) is 24.4 Å². The molecule has 0 spiro atoms. The summed E-state index contributed by atoms with van der Waals surface area (Å²) in [4.78, 5) is 8.63. The Morgan fingerprint density at radius 2 is 2.25 bits per heavy atom. The Morgan fingerprint density at radius 3 is 3.00 bits per heavy atom. The number of fused-ring (bicyclic) bond motifs is 1. The second-order valence-electron chi connectivity index (χ2n) is 4.66. The maximum atomic E-state index is 8.71. The lowest BCUT2D eigenvalue weighted by Gasteiger charge is -2.08. The van der Waals surface area contributed by atoms with Gasteiger partial charge in [0.25, 0.3) is 0 Å². The van der Waals surface area contributed by atoms with Crippen LogP contribution in [0.5, 0.6) is 5.88 Å². The SMILES string of the molecule is N#Cc1ccc(COc2cc(Cl)c3c(n2)CCC3)nc1. The van der Waals surface area contributed by atoms with Gasteiger partial charge in [-0.2, -0.15) is 5.26 Å². The van der Waals surface area contributed by atoms with Crippen LogP contribution in [-0.4, -0.2) is 9.97 Å². The summed E-state index contributed by atoms with van der Waals surface area (Å²) in [5, 5.41) is 9.44. The average Bonchev–Trinajstić information content (AvgIpc) is 2.94. The Kier molecular flexibility index (Phi) is 3.53. The molecule has 0 aliphatic heterocycles. The van der Waals surface area contributed by atoms with Crippen molar-refractivity contribution in [2.75, 3.05) is 0 Å². The summed E-state index contributed by atoms with van der Waals surface area (Å²) in [6.07, 6.45) is 4.59. The van der Waals surface area contributed by atoms with Gasteiger partial charge in [-0.1, -0.05) is 11.6 Å². The summed E-state index contributed by atoms with van der Waals surface area (Å²) in [6.45, 7) is 0.313. The van der Waals surface area contributed by atoms with Crippen LogP contribution in [0.4, 0.5) is 0 Å². The van der Waals surface area contributed by atoms with Gasteiger partial charge in [-0.05, 0) is 37.0 Å². The molecule has 0 radical (unpaired) electrons. The zero-order valence-corrected chi connectivity index (χ0v) is 11.5. The summed E-state index contributed by atoms with van der Waals surface area (Å²) < 4.78 is 5.63. The van der Waals surface area contributed by atoms with E-state index < -0.39 is 0 Å². The predicted octanol–water partition coefficient (Wildman–Crippen LogP) is 3.07. The van der Waals surface area contributed by atoms with E-state index in [4.69, 9.17) is 21.6 Å². The second-order valence-corrected chi connectivity index (χ2v) is 5.07. The van der Waals surface area contributed by atoms with Crippen LogP contribution in [0.1, 0.15) is 28.9 Å². The molecule has 5 heteroatoms. The van der Waals surface area contributed by atoms with Crippen LogP contribution in [0, 0.1) is 11.3 Å². The molecule has 0 fully saturated rings. The van der Waals surface area contributed by atoms with E-state index in [1.165, 1.54) is 6.20 Å². The maximum Gasteiger partial charge on any atom is 0.215 e. The van der Waals surface area contributed by atoms with Gasteiger partial charge in [0.15, 0.2) is 0 Å². The number of halogens is 1. The summed E-state index contributed by atoms with van der Waals surface area (Å²) in [5.74, 6) is 0.529. The fraction of sp³-hybridized carbons (Fsp3) is 0.267. The van der Waals surface area contributed by atoms with Crippen molar-refractivity contribution < 1.29 is 4.74 Å². The molecule has 1 aliphatic rings. The Balaban J connectivity index is 1.72. The fourth-order valence-corrected chi connectivity index (χ4v) is 2.56. The number of pyridine rings is 2. The minimum absolute atomic E-state index is 0.313. The molecule has 0 saturated heterocycles. The molecule has 20 heavy (non-hydrogen) atoms. The van der Waals surface area contributed by atoms with Crippen molar-refractivity contribution in [3.05, 3.63) is 51.9 Å².